The Morgan fingerprint density at radius 3 is 2.46 bits per heavy atom. The van der Waals surface area contributed by atoms with E-state index in [1.165, 1.54) is 17.0 Å². The smallest absolute Gasteiger partial charge is 0.416 e. The number of benzene rings is 3. The van der Waals surface area contributed by atoms with E-state index in [0.29, 0.717) is 30.3 Å². The van der Waals surface area contributed by atoms with Crippen LogP contribution in [0.15, 0.2) is 69.9 Å². The Balaban J connectivity index is 1.70. The van der Waals surface area contributed by atoms with E-state index in [2.05, 4.69) is 6.92 Å². The first-order valence-electron chi connectivity index (χ1n) is 13.6. The fourth-order valence-corrected chi connectivity index (χ4v) is 5.12. The van der Waals surface area contributed by atoms with E-state index in [9.17, 15) is 22.8 Å². The molecule has 0 aliphatic carbocycles. The maximum absolute atomic E-state index is 13.9. The maximum atomic E-state index is 13.9. The van der Waals surface area contributed by atoms with Crippen LogP contribution in [0.2, 0.25) is 0 Å². The number of anilines is 1. The summed E-state index contributed by atoms with van der Waals surface area (Å²) in [4.78, 5) is 28.9. The van der Waals surface area contributed by atoms with Gasteiger partial charge in [0.05, 0.1) is 35.8 Å². The highest BCUT2D eigenvalue weighted by atomic mass is 19.4. The van der Waals surface area contributed by atoms with Gasteiger partial charge < -0.3 is 13.9 Å². The summed E-state index contributed by atoms with van der Waals surface area (Å²) in [5, 5.41) is 0.286. The zero-order valence-corrected chi connectivity index (χ0v) is 23.0. The van der Waals surface area contributed by atoms with Gasteiger partial charge in [-0.25, -0.2) is 0 Å². The summed E-state index contributed by atoms with van der Waals surface area (Å²) in [5.74, 6) is 0.00354. The number of rotatable bonds is 9. The molecule has 4 aromatic rings. The molecule has 0 bridgehead atoms. The first-order chi connectivity index (χ1) is 19.6. The van der Waals surface area contributed by atoms with Crippen molar-refractivity contribution in [1.29, 1.82) is 0 Å². The molecule has 214 valence electrons. The highest BCUT2D eigenvalue weighted by Crippen LogP contribution is 2.44. The fraction of sp³-hybridized carbons (Fsp3) is 0.312. The lowest BCUT2D eigenvalue weighted by atomic mass is 9.97. The lowest BCUT2D eigenvalue weighted by Crippen LogP contribution is -2.29. The van der Waals surface area contributed by atoms with Crippen molar-refractivity contribution in [2.24, 2.45) is 0 Å². The molecule has 2 heterocycles. The van der Waals surface area contributed by atoms with Crippen LogP contribution in [0, 0.1) is 6.92 Å². The Hall–Kier alpha value is -4.27. The standard InChI is InChI=1S/C32H30F3NO5/c1-4-6-7-15-40-25-14-12-20(17-26(25)39-5-2)28-27-29(37)23-16-19(3)11-13-24(23)41-30(27)31(38)36(28)22-10-8-9-21(18-22)32(33,34)35/h8-14,16-18,28H,4-7,15H2,1-3H3. The predicted octanol–water partition coefficient (Wildman–Crippen LogP) is 7.84. The number of fused-ring (bicyclic) bond motifs is 2. The van der Waals surface area contributed by atoms with E-state index in [-0.39, 0.29) is 28.0 Å². The van der Waals surface area contributed by atoms with Crippen molar-refractivity contribution >= 4 is 22.6 Å². The van der Waals surface area contributed by atoms with Crippen molar-refractivity contribution < 1.29 is 31.9 Å². The van der Waals surface area contributed by atoms with E-state index in [0.717, 1.165) is 37.0 Å². The summed E-state index contributed by atoms with van der Waals surface area (Å²) in [6.45, 7) is 6.57. The van der Waals surface area contributed by atoms with Gasteiger partial charge in [-0.2, -0.15) is 13.2 Å². The van der Waals surface area contributed by atoms with E-state index in [1.807, 2.05) is 13.8 Å². The number of carbonyl (C=O) groups is 1. The second-order valence-corrected chi connectivity index (χ2v) is 9.99. The molecule has 1 aliphatic rings. The van der Waals surface area contributed by atoms with Gasteiger partial charge >= 0.3 is 6.18 Å². The van der Waals surface area contributed by atoms with Gasteiger partial charge in [0, 0.05) is 5.69 Å². The molecule has 1 aromatic heterocycles. The molecule has 1 atom stereocenters. The van der Waals surface area contributed by atoms with Crippen molar-refractivity contribution in [1.82, 2.24) is 0 Å². The molecule has 3 aromatic carbocycles. The van der Waals surface area contributed by atoms with Crippen LogP contribution in [0.25, 0.3) is 11.0 Å². The topological polar surface area (TPSA) is 69.0 Å². The van der Waals surface area contributed by atoms with Crippen LogP contribution in [0.1, 0.15) is 72.0 Å². The average Bonchev–Trinajstić information content (AvgIpc) is 3.24. The zero-order chi connectivity index (χ0) is 29.3. The number of unbranched alkanes of at least 4 members (excludes halogenated alkanes) is 2. The number of alkyl halides is 3. The van der Waals surface area contributed by atoms with Crippen LogP contribution < -0.4 is 19.8 Å². The molecule has 1 aliphatic heterocycles. The molecule has 5 rings (SSSR count). The van der Waals surface area contributed by atoms with Gasteiger partial charge in [-0.05, 0) is 68.3 Å². The van der Waals surface area contributed by atoms with Crippen LogP contribution in [0.3, 0.4) is 0 Å². The van der Waals surface area contributed by atoms with Crippen molar-refractivity contribution in [3.8, 4) is 11.5 Å². The van der Waals surface area contributed by atoms with Crippen molar-refractivity contribution in [2.75, 3.05) is 18.1 Å². The molecule has 1 amide bonds. The van der Waals surface area contributed by atoms with Crippen LogP contribution >= 0.6 is 0 Å². The van der Waals surface area contributed by atoms with Gasteiger partial charge in [0.15, 0.2) is 16.9 Å². The average molecular weight is 566 g/mol. The molecule has 0 saturated carbocycles. The number of amides is 1. The fourth-order valence-electron chi connectivity index (χ4n) is 5.12. The molecular weight excluding hydrogens is 535 g/mol. The Kier molecular flexibility index (Phi) is 7.80. The molecule has 0 fully saturated rings. The summed E-state index contributed by atoms with van der Waals surface area (Å²) in [6, 6.07) is 13.5. The Labute approximate surface area is 235 Å². The van der Waals surface area contributed by atoms with E-state index in [4.69, 9.17) is 13.9 Å². The van der Waals surface area contributed by atoms with Crippen LogP contribution in [0.5, 0.6) is 11.5 Å². The minimum Gasteiger partial charge on any atom is -0.490 e. The predicted molar refractivity (Wildman–Crippen MR) is 150 cm³/mol. The molecular formula is C32H30F3NO5. The van der Waals surface area contributed by atoms with E-state index in [1.54, 1.807) is 36.4 Å². The molecule has 41 heavy (non-hydrogen) atoms. The SMILES string of the molecule is CCCCCOc1ccc(C2c3c(oc4ccc(C)cc4c3=O)C(=O)N2c2cccc(C(F)(F)F)c2)cc1OCC. The second-order valence-electron chi connectivity index (χ2n) is 9.99. The molecule has 6 nitrogen and oxygen atoms in total. The summed E-state index contributed by atoms with van der Waals surface area (Å²) >= 11 is 0. The minimum absolute atomic E-state index is 0.0151. The number of hydrogen-bond donors (Lipinski definition) is 0. The minimum atomic E-state index is -4.62. The van der Waals surface area contributed by atoms with Gasteiger partial charge in [0.25, 0.3) is 5.91 Å². The number of carbonyl (C=O) groups excluding carboxylic acids is 1. The van der Waals surface area contributed by atoms with Gasteiger partial charge in [0.1, 0.15) is 5.58 Å². The summed E-state index contributed by atoms with van der Waals surface area (Å²) in [6.07, 6.45) is -1.71. The third-order valence-electron chi connectivity index (χ3n) is 7.07. The zero-order valence-electron chi connectivity index (χ0n) is 23.0. The Morgan fingerprint density at radius 2 is 1.73 bits per heavy atom. The monoisotopic (exact) mass is 565 g/mol. The first kappa shape index (κ1) is 28.3. The molecule has 1 unspecified atom stereocenters. The molecule has 9 heteroatoms. The van der Waals surface area contributed by atoms with Crippen molar-refractivity contribution in [2.45, 2.75) is 52.3 Å². The third-order valence-corrected chi connectivity index (χ3v) is 7.07. The number of aryl methyl sites for hydroxylation is 1. The van der Waals surface area contributed by atoms with E-state index < -0.39 is 29.1 Å². The largest absolute Gasteiger partial charge is 0.490 e. The summed E-state index contributed by atoms with van der Waals surface area (Å²) in [5.41, 5.74) is 0.229. The highest BCUT2D eigenvalue weighted by molar-refractivity contribution is 6.10. The normalized spacial score (nSPS) is 14.9. The molecule has 0 saturated heterocycles. The number of ether oxygens (including phenoxy) is 2. The van der Waals surface area contributed by atoms with Crippen molar-refractivity contribution in [3.05, 3.63) is 98.9 Å². The summed E-state index contributed by atoms with van der Waals surface area (Å²) < 4.78 is 58.7. The molecule has 0 radical (unpaired) electrons. The van der Waals surface area contributed by atoms with Gasteiger partial charge in [-0.3, -0.25) is 14.5 Å². The Morgan fingerprint density at radius 1 is 0.927 bits per heavy atom. The summed E-state index contributed by atoms with van der Waals surface area (Å²) in [7, 11) is 0. The van der Waals surface area contributed by atoms with E-state index >= 15 is 0 Å². The highest BCUT2D eigenvalue weighted by Gasteiger charge is 2.44. The quantitative estimate of drug-likeness (QED) is 0.194. The number of nitrogens with zero attached hydrogens (tertiary/aromatic N) is 1. The van der Waals surface area contributed by atoms with Crippen molar-refractivity contribution in [3.63, 3.8) is 0 Å². The van der Waals surface area contributed by atoms with Gasteiger partial charge in [-0.1, -0.05) is 43.5 Å². The van der Waals surface area contributed by atoms with Crippen LogP contribution in [-0.2, 0) is 6.18 Å². The lowest BCUT2D eigenvalue weighted by Gasteiger charge is -2.26. The first-order valence-corrected chi connectivity index (χ1v) is 13.6. The third kappa shape index (κ3) is 5.40. The second kappa shape index (κ2) is 11.3. The lowest BCUT2D eigenvalue weighted by molar-refractivity contribution is -0.137. The van der Waals surface area contributed by atoms with Gasteiger partial charge in [-0.15, -0.1) is 0 Å². The number of hydrogen-bond acceptors (Lipinski definition) is 5. The van der Waals surface area contributed by atoms with Crippen LogP contribution in [-0.4, -0.2) is 19.1 Å². The van der Waals surface area contributed by atoms with Gasteiger partial charge in [0.2, 0.25) is 5.76 Å². The Bertz CT molecular complexity index is 1660. The maximum Gasteiger partial charge on any atom is 0.416 e. The molecule has 0 spiro atoms. The molecule has 0 N–H and O–H groups in total. The van der Waals surface area contributed by atoms with Crippen LogP contribution in [0.4, 0.5) is 18.9 Å². The number of halogens is 3.